The van der Waals surface area contributed by atoms with Crippen LogP contribution in [0.1, 0.15) is 85.5 Å². The molecule has 1 fully saturated rings. The molecule has 0 aromatic heterocycles. The number of rotatable bonds is 7. The lowest BCUT2D eigenvalue weighted by molar-refractivity contribution is -0.154. The molecule has 0 radical (unpaired) electrons. The summed E-state index contributed by atoms with van der Waals surface area (Å²) in [5.74, 6) is 0.0511. The zero-order chi connectivity index (χ0) is 14.5. The molecule has 112 valence electrons. The fraction of sp³-hybridized carbons (Fsp3) is 0.941. The van der Waals surface area contributed by atoms with Gasteiger partial charge >= 0.3 is 5.97 Å². The van der Waals surface area contributed by atoms with E-state index in [0.29, 0.717) is 11.3 Å². The number of carboxylic acids is 1. The summed E-state index contributed by atoms with van der Waals surface area (Å²) in [6.45, 7) is 8.96. The Morgan fingerprint density at radius 3 is 2.16 bits per heavy atom. The van der Waals surface area contributed by atoms with E-state index in [4.69, 9.17) is 0 Å². The number of aliphatic carboxylic acids is 1. The summed E-state index contributed by atoms with van der Waals surface area (Å²) in [4.78, 5) is 11.8. The van der Waals surface area contributed by atoms with Gasteiger partial charge in [0.1, 0.15) is 0 Å². The predicted molar refractivity (Wildman–Crippen MR) is 80.2 cm³/mol. The summed E-state index contributed by atoms with van der Waals surface area (Å²) in [6.07, 6.45) is 9.53. The molecule has 0 aromatic carbocycles. The van der Waals surface area contributed by atoms with Crippen LogP contribution in [0.5, 0.6) is 0 Å². The molecule has 0 aromatic rings. The largest absolute Gasteiger partial charge is 0.481 e. The maximum absolute atomic E-state index is 11.8. The summed E-state index contributed by atoms with van der Waals surface area (Å²) in [5, 5.41) is 9.73. The highest BCUT2D eigenvalue weighted by Crippen LogP contribution is 2.49. The summed E-state index contributed by atoms with van der Waals surface area (Å²) >= 11 is 0. The van der Waals surface area contributed by atoms with Gasteiger partial charge in [0.2, 0.25) is 0 Å². The van der Waals surface area contributed by atoms with Gasteiger partial charge in [0.05, 0.1) is 5.41 Å². The number of hydrogen-bond acceptors (Lipinski definition) is 1. The van der Waals surface area contributed by atoms with Crippen LogP contribution in [0.3, 0.4) is 0 Å². The van der Waals surface area contributed by atoms with E-state index in [2.05, 4.69) is 27.7 Å². The van der Waals surface area contributed by atoms with Gasteiger partial charge in [-0.2, -0.15) is 0 Å². The average molecular weight is 268 g/mol. The third-order valence-corrected chi connectivity index (χ3v) is 5.24. The first-order valence-electron chi connectivity index (χ1n) is 8.08. The van der Waals surface area contributed by atoms with Crippen LogP contribution in [0.2, 0.25) is 0 Å². The molecule has 0 aliphatic heterocycles. The van der Waals surface area contributed by atoms with E-state index in [9.17, 15) is 9.90 Å². The Labute approximate surface area is 119 Å². The van der Waals surface area contributed by atoms with Crippen molar-refractivity contribution in [3.63, 3.8) is 0 Å². The van der Waals surface area contributed by atoms with E-state index in [1.807, 2.05) is 0 Å². The van der Waals surface area contributed by atoms with Crippen molar-refractivity contribution in [1.82, 2.24) is 0 Å². The second kappa shape index (κ2) is 6.76. The Morgan fingerprint density at radius 2 is 1.74 bits per heavy atom. The van der Waals surface area contributed by atoms with Crippen LogP contribution in [0.15, 0.2) is 0 Å². The van der Waals surface area contributed by atoms with Crippen LogP contribution in [0.4, 0.5) is 0 Å². The van der Waals surface area contributed by atoms with Crippen LogP contribution in [-0.2, 0) is 4.79 Å². The first-order chi connectivity index (χ1) is 8.85. The Kier molecular flexibility index (Phi) is 5.88. The minimum absolute atomic E-state index is 0.337. The standard InChI is InChI=1S/C17H32O2/c1-5-7-8-14(6-2)13-17(15(18)19)11-9-16(3,4)10-12-17/h14H,5-13H2,1-4H3,(H,18,19). The Hall–Kier alpha value is -0.530. The molecule has 1 N–H and O–H groups in total. The SMILES string of the molecule is CCCCC(CC)CC1(C(=O)O)CCC(C)(C)CC1. The van der Waals surface area contributed by atoms with Crippen molar-refractivity contribution in [2.45, 2.75) is 85.5 Å². The third kappa shape index (κ3) is 4.50. The highest BCUT2D eigenvalue weighted by atomic mass is 16.4. The van der Waals surface area contributed by atoms with Gasteiger partial charge in [0.25, 0.3) is 0 Å². The number of hydrogen-bond donors (Lipinski definition) is 1. The lowest BCUT2D eigenvalue weighted by Gasteiger charge is -2.42. The van der Waals surface area contributed by atoms with Crippen molar-refractivity contribution in [3.8, 4) is 0 Å². The summed E-state index contributed by atoms with van der Waals surface area (Å²) in [5.41, 5.74) is -0.0893. The smallest absolute Gasteiger partial charge is 0.309 e. The fourth-order valence-corrected chi connectivity index (χ4v) is 3.41. The zero-order valence-electron chi connectivity index (χ0n) is 13.3. The normalized spacial score (nSPS) is 22.9. The Bertz CT molecular complexity index is 284. The molecule has 1 saturated carbocycles. The molecule has 1 unspecified atom stereocenters. The topological polar surface area (TPSA) is 37.3 Å². The van der Waals surface area contributed by atoms with Crippen molar-refractivity contribution < 1.29 is 9.90 Å². The van der Waals surface area contributed by atoms with Crippen molar-refractivity contribution >= 4 is 5.97 Å². The van der Waals surface area contributed by atoms with Gasteiger partial charge < -0.3 is 5.11 Å². The monoisotopic (exact) mass is 268 g/mol. The molecule has 0 amide bonds. The fourth-order valence-electron chi connectivity index (χ4n) is 3.41. The van der Waals surface area contributed by atoms with E-state index in [1.165, 1.54) is 19.3 Å². The maximum atomic E-state index is 11.8. The maximum Gasteiger partial charge on any atom is 0.309 e. The molecule has 1 rings (SSSR count). The average Bonchev–Trinajstić information content (AvgIpc) is 2.36. The number of carboxylic acid groups (broad SMARTS) is 1. The highest BCUT2D eigenvalue weighted by molar-refractivity contribution is 5.74. The van der Waals surface area contributed by atoms with Gasteiger partial charge in [-0.25, -0.2) is 0 Å². The van der Waals surface area contributed by atoms with Crippen molar-refractivity contribution in [2.75, 3.05) is 0 Å². The molecule has 1 atom stereocenters. The van der Waals surface area contributed by atoms with E-state index in [1.54, 1.807) is 0 Å². The van der Waals surface area contributed by atoms with Gasteiger partial charge in [0, 0.05) is 0 Å². The molecule has 0 bridgehead atoms. The number of carbonyl (C=O) groups is 1. The van der Waals surface area contributed by atoms with Gasteiger partial charge in [-0.15, -0.1) is 0 Å². The molecule has 0 saturated heterocycles. The molecule has 1 aliphatic rings. The molecule has 2 nitrogen and oxygen atoms in total. The second-order valence-electron chi connectivity index (χ2n) is 7.37. The van der Waals surface area contributed by atoms with Gasteiger partial charge in [-0.05, 0) is 43.4 Å². The Balaban J connectivity index is 2.69. The zero-order valence-corrected chi connectivity index (χ0v) is 13.3. The second-order valence-corrected chi connectivity index (χ2v) is 7.37. The molecule has 0 heterocycles. The Morgan fingerprint density at radius 1 is 1.16 bits per heavy atom. The third-order valence-electron chi connectivity index (χ3n) is 5.24. The van der Waals surface area contributed by atoms with Gasteiger partial charge in [-0.3, -0.25) is 4.79 Å². The van der Waals surface area contributed by atoms with Crippen LogP contribution < -0.4 is 0 Å². The molecule has 0 spiro atoms. The van der Waals surface area contributed by atoms with E-state index in [-0.39, 0.29) is 0 Å². The van der Waals surface area contributed by atoms with Gasteiger partial charge in [-0.1, -0.05) is 53.4 Å². The molecule has 19 heavy (non-hydrogen) atoms. The quantitative estimate of drug-likeness (QED) is 0.683. The number of unbranched alkanes of at least 4 members (excludes halogenated alkanes) is 1. The van der Waals surface area contributed by atoms with Crippen molar-refractivity contribution in [2.24, 2.45) is 16.7 Å². The first kappa shape index (κ1) is 16.5. The van der Waals surface area contributed by atoms with E-state index >= 15 is 0 Å². The first-order valence-corrected chi connectivity index (χ1v) is 8.08. The lowest BCUT2D eigenvalue weighted by atomic mass is 9.62. The molecule has 1 aliphatic carbocycles. The van der Waals surface area contributed by atoms with Crippen molar-refractivity contribution in [1.29, 1.82) is 0 Å². The highest BCUT2D eigenvalue weighted by Gasteiger charge is 2.44. The summed E-state index contributed by atoms with van der Waals surface area (Å²) in [6, 6.07) is 0. The van der Waals surface area contributed by atoms with Crippen LogP contribution in [-0.4, -0.2) is 11.1 Å². The van der Waals surface area contributed by atoms with Crippen LogP contribution in [0.25, 0.3) is 0 Å². The molecular weight excluding hydrogens is 236 g/mol. The van der Waals surface area contributed by atoms with E-state index in [0.717, 1.165) is 38.5 Å². The molecular formula is C17H32O2. The molecule has 2 heteroatoms. The predicted octanol–water partition coefficient (Wildman–Crippen LogP) is 5.26. The lowest BCUT2D eigenvalue weighted by Crippen LogP contribution is -2.39. The van der Waals surface area contributed by atoms with E-state index < -0.39 is 11.4 Å². The minimum atomic E-state index is -0.544. The van der Waals surface area contributed by atoms with Crippen LogP contribution >= 0.6 is 0 Å². The minimum Gasteiger partial charge on any atom is -0.481 e. The van der Waals surface area contributed by atoms with Gasteiger partial charge in [0.15, 0.2) is 0 Å². The van der Waals surface area contributed by atoms with Crippen LogP contribution in [0, 0.1) is 16.7 Å². The summed E-state index contributed by atoms with van der Waals surface area (Å²) < 4.78 is 0. The van der Waals surface area contributed by atoms with Crippen molar-refractivity contribution in [3.05, 3.63) is 0 Å². The summed E-state index contributed by atoms with van der Waals surface area (Å²) in [7, 11) is 0.